The van der Waals surface area contributed by atoms with Gasteiger partial charge in [0.25, 0.3) is 0 Å². The molecule has 1 aromatic rings. The highest BCUT2D eigenvalue weighted by atomic mass is 19.1. The molecule has 1 atom stereocenters. The van der Waals surface area contributed by atoms with Gasteiger partial charge in [-0.2, -0.15) is 5.26 Å². The topological polar surface area (TPSA) is 61.8 Å². The van der Waals surface area contributed by atoms with Gasteiger partial charge in [-0.15, -0.1) is 0 Å². The highest BCUT2D eigenvalue weighted by molar-refractivity contribution is 5.56. The molecular formula is C10H12FN3. The van der Waals surface area contributed by atoms with Gasteiger partial charge in [-0.05, 0) is 20.0 Å². The van der Waals surface area contributed by atoms with Gasteiger partial charge in [-0.25, -0.2) is 4.39 Å². The van der Waals surface area contributed by atoms with Gasteiger partial charge >= 0.3 is 0 Å². The Balaban J connectivity index is 3.30. The van der Waals surface area contributed by atoms with Crippen LogP contribution in [-0.4, -0.2) is 7.05 Å². The van der Waals surface area contributed by atoms with E-state index in [-0.39, 0.29) is 17.3 Å². The van der Waals surface area contributed by atoms with E-state index in [1.807, 2.05) is 6.92 Å². The van der Waals surface area contributed by atoms with Crippen molar-refractivity contribution < 1.29 is 4.39 Å². The molecule has 0 amide bonds. The van der Waals surface area contributed by atoms with Crippen LogP contribution < -0.4 is 11.1 Å². The van der Waals surface area contributed by atoms with Crippen LogP contribution in [0.1, 0.15) is 24.1 Å². The van der Waals surface area contributed by atoms with Crippen molar-refractivity contribution in [2.24, 2.45) is 0 Å². The third-order valence-electron chi connectivity index (χ3n) is 2.22. The quantitative estimate of drug-likeness (QED) is 0.700. The third-order valence-corrected chi connectivity index (χ3v) is 2.22. The second-order valence-corrected chi connectivity index (χ2v) is 3.06. The van der Waals surface area contributed by atoms with E-state index < -0.39 is 5.82 Å². The third kappa shape index (κ3) is 1.68. The average Bonchev–Trinajstić information content (AvgIpc) is 2.18. The fourth-order valence-corrected chi connectivity index (χ4v) is 1.21. The molecule has 0 saturated heterocycles. The molecule has 0 heterocycles. The number of hydrogen-bond donors (Lipinski definition) is 2. The van der Waals surface area contributed by atoms with E-state index in [1.54, 1.807) is 25.2 Å². The van der Waals surface area contributed by atoms with Gasteiger partial charge in [0, 0.05) is 11.6 Å². The summed E-state index contributed by atoms with van der Waals surface area (Å²) in [6, 6.07) is 4.76. The van der Waals surface area contributed by atoms with Gasteiger partial charge in [0.05, 0.1) is 5.69 Å². The Morgan fingerprint density at radius 3 is 2.71 bits per heavy atom. The van der Waals surface area contributed by atoms with Crippen molar-refractivity contribution in [1.29, 1.82) is 5.26 Å². The number of hydrogen-bond acceptors (Lipinski definition) is 3. The predicted molar refractivity (Wildman–Crippen MR) is 53.0 cm³/mol. The molecule has 0 aliphatic heterocycles. The lowest BCUT2D eigenvalue weighted by Crippen LogP contribution is -2.15. The maximum atomic E-state index is 13.6. The molecule has 0 fully saturated rings. The van der Waals surface area contributed by atoms with Crippen LogP contribution in [0.5, 0.6) is 0 Å². The Kier molecular flexibility index (Phi) is 3.05. The molecule has 0 bridgehead atoms. The van der Waals surface area contributed by atoms with E-state index >= 15 is 0 Å². The number of anilines is 1. The Labute approximate surface area is 82.3 Å². The zero-order chi connectivity index (χ0) is 10.7. The Morgan fingerprint density at radius 2 is 2.21 bits per heavy atom. The largest absolute Gasteiger partial charge is 0.398 e. The van der Waals surface area contributed by atoms with E-state index in [1.165, 1.54) is 0 Å². The molecule has 0 aromatic heterocycles. The number of halogens is 1. The molecule has 1 aromatic carbocycles. The van der Waals surface area contributed by atoms with Crippen LogP contribution in [0.3, 0.4) is 0 Å². The molecule has 4 heteroatoms. The van der Waals surface area contributed by atoms with E-state index in [0.717, 1.165) is 0 Å². The monoisotopic (exact) mass is 193 g/mol. The average molecular weight is 193 g/mol. The van der Waals surface area contributed by atoms with Crippen LogP contribution >= 0.6 is 0 Å². The molecule has 1 rings (SSSR count). The summed E-state index contributed by atoms with van der Waals surface area (Å²) in [6.07, 6.45) is 0. The van der Waals surface area contributed by atoms with E-state index in [2.05, 4.69) is 5.32 Å². The van der Waals surface area contributed by atoms with Crippen molar-refractivity contribution >= 4 is 5.69 Å². The van der Waals surface area contributed by atoms with Crippen LogP contribution in [0.4, 0.5) is 10.1 Å². The maximum Gasteiger partial charge on any atom is 0.147 e. The van der Waals surface area contributed by atoms with Gasteiger partial charge in [-0.1, -0.05) is 6.07 Å². The van der Waals surface area contributed by atoms with Crippen molar-refractivity contribution in [3.05, 3.63) is 29.1 Å². The Morgan fingerprint density at radius 1 is 1.57 bits per heavy atom. The summed E-state index contributed by atoms with van der Waals surface area (Å²) in [5, 5.41) is 11.6. The Hall–Kier alpha value is -1.60. The molecule has 0 spiro atoms. The second-order valence-electron chi connectivity index (χ2n) is 3.06. The SMILES string of the molecule is CNC(C)c1ccc(N)c(C#N)c1F. The predicted octanol–water partition coefficient (Wildman–Crippen LogP) is 1.56. The highest BCUT2D eigenvalue weighted by Gasteiger charge is 2.14. The fraction of sp³-hybridized carbons (Fsp3) is 0.300. The minimum absolute atomic E-state index is 0.0791. The number of nitrogens with one attached hydrogen (secondary N) is 1. The molecule has 74 valence electrons. The fourth-order valence-electron chi connectivity index (χ4n) is 1.21. The summed E-state index contributed by atoms with van der Waals surface area (Å²) < 4.78 is 13.6. The van der Waals surface area contributed by atoms with Crippen molar-refractivity contribution in [3.8, 4) is 6.07 Å². The zero-order valence-electron chi connectivity index (χ0n) is 8.13. The van der Waals surface area contributed by atoms with Gasteiger partial charge in [-0.3, -0.25) is 0 Å². The van der Waals surface area contributed by atoms with E-state index in [0.29, 0.717) is 5.56 Å². The van der Waals surface area contributed by atoms with Gasteiger partial charge in [0.2, 0.25) is 0 Å². The summed E-state index contributed by atoms with van der Waals surface area (Å²) in [7, 11) is 1.73. The molecular weight excluding hydrogens is 181 g/mol. The van der Waals surface area contributed by atoms with Crippen molar-refractivity contribution in [1.82, 2.24) is 5.32 Å². The number of nitrogens with two attached hydrogens (primary N) is 1. The van der Waals surface area contributed by atoms with Crippen LogP contribution in [0.15, 0.2) is 12.1 Å². The minimum Gasteiger partial charge on any atom is -0.398 e. The summed E-state index contributed by atoms with van der Waals surface area (Å²) >= 11 is 0. The lowest BCUT2D eigenvalue weighted by Gasteiger charge is -2.12. The van der Waals surface area contributed by atoms with Gasteiger partial charge in [0.15, 0.2) is 0 Å². The summed E-state index contributed by atoms with van der Waals surface area (Å²) in [6.45, 7) is 1.82. The number of nitrogens with zero attached hydrogens (tertiary/aromatic N) is 1. The number of nitrogen functional groups attached to an aromatic ring is 1. The number of benzene rings is 1. The first-order valence-electron chi connectivity index (χ1n) is 4.27. The van der Waals surface area contributed by atoms with E-state index in [9.17, 15) is 4.39 Å². The molecule has 0 aliphatic carbocycles. The minimum atomic E-state index is -0.533. The number of rotatable bonds is 2. The smallest absolute Gasteiger partial charge is 0.147 e. The van der Waals surface area contributed by atoms with Crippen LogP contribution in [0.25, 0.3) is 0 Å². The summed E-state index contributed by atoms with van der Waals surface area (Å²) in [5.41, 5.74) is 6.01. The zero-order valence-corrected chi connectivity index (χ0v) is 8.13. The van der Waals surface area contributed by atoms with Crippen LogP contribution in [0, 0.1) is 17.1 Å². The lowest BCUT2D eigenvalue weighted by molar-refractivity contribution is 0.560. The maximum absolute atomic E-state index is 13.6. The lowest BCUT2D eigenvalue weighted by atomic mass is 10.0. The highest BCUT2D eigenvalue weighted by Crippen LogP contribution is 2.23. The summed E-state index contributed by atoms with van der Waals surface area (Å²) in [5.74, 6) is -0.533. The normalized spacial score (nSPS) is 12.1. The van der Waals surface area contributed by atoms with Gasteiger partial charge in [0.1, 0.15) is 17.4 Å². The molecule has 0 aliphatic rings. The summed E-state index contributed by atoms with van der Waals surface area (Å²) in [4.78, 5) is 0. The first-order valence-corrected chi connectivity index (χ1v) is 4.27. The molecule has 1 unspecified atom stereocenters. The van der Waals surface area contributed by atoms with Crippen LogP contribution in [0.2, 0.25) is 0 Å². The van der Waals surface area contributed by atoms with Crippen molar-refractivity contribution in [3.63, 3.8) is 0 Å². The van der Waals surface area contributed by atoms with Crippen molar-refractivity contribution in [2.45, 2.75) is 13.0 Å². The molecule has 0 radical (unpaired) electrons. The molecule has 14 heavy (non-hydrogen) atoms. The molecule has 3 N–H and O–H groups in total. The van der Waals surface area contributed by atoms with Crippen molar-refractivity contribution in [2.75, 3.05) is 12.8 Å². The first kappa shape index (κ1) is 10.5. The standard InChI is InChI=1S/C10H12FN3/c1-6(14-2)7-3-4-9(13)8(5-12)10(7)11/h3-4,6,14H,13H2,1-2H3. The van der Waals surface area contributed by atoms with Crippen LogP contribution in [-0.2, 0) is 0 Å². The number of nitriles is 1. The van der Waals surface area contributed by atoms with Gasteiger partial charge < -0.3 is 11.1 Å². The Bertz CT molecular complexity index is 382. The molecule has 3 nitrogen and oxygen atoms in total. The second kappa shape index (κ2) is 4.07. The molecule has 0 saturated carbocycles. The van der Waals surface area contributed by atoms with E-state index in [4.69, 9.17) is 11.0 Å². The first-order chi connectivity index (χ1) is 6.61.